The van der Waals surface area contributed by atoms with Crippen molar-refractivity contribution in [3.8, 4) is 0 Å². The number of hydrogen-bond donors (Lipinski definition) is 2. The first-order valence-electron chi connectivity index (χ1n) is 22.4. The molecule has 2 aromatic rings. The van der Waals surface area contributed by atoms with Gasteiger partial charge in [-0.1, -0.05) is 192 Å². The molecule has 0 radical (unpaired) electrons. The third-order valence-electron chi connectivity index (χ3n) is 10.3. The molecule has 0 aromatic carbocycles. The average molecular weight is 848 g/mol. The van der Waals surface area contributed by atoms with E-state index in [-0.39, 0.29) is 32.2 Å². The number of rotatable bonds is 36. The van der Waals surface area contributed by atoms with Crippen LogP contribution < -0.4 is 22.7 Å². The van der Waals surface area contributed by atoms with Gasteiger partial charge in [-0.25, -0.2) is 18.3 Å². The molecule has 0 atom stereocenters. The molecule has 328 valence electrons. The second-order valence-electron chi connectivity index (χ2n) is 15.4. The summed E-state index contributed by atoms with van der Waals surface area (Å²) in [6.07, 6.45) is 38.4. The zero-order chi connectivity index (χ0) is 40.2. The van der Waals surface area contributed by atoms with Crippen LogP contribution in [0.15, 0.2) is 11.7 Å². The first-order valence-corrected chi connectivity index (χ1v) is 24.6. The highest BCUT2D eigenvalue weighted by Crippen LogP contribution is 2.16. The molecule has 0 aliphatic rings. The maximum absolute atomic E-state index is 11.9. The lowest BCUT2D eigenvalue weighted by Crippen LogP contribution is -3.00. The second-order valence-corrected chi connectivity index (χ2v) is 17.6. The van der Waals surface area contributed by atoms with Crippen LogP contribution in [-0.4, -0.2) is 43.3 Å². The number of nitrogens with two attached hydrogens (primary N) is 1. The average Bonchev–Trinajstić information content (AvgIpc) is 3.50. The van der Waals surface area contributed by atoms with Crippen LogP contribution in [0.1, 0.15) is 216 Å². The van der Waals surface area contributed by atoms with Gasteiger partial charge in [-0.15, -0.1) is 0 Å². The predicted molar refractivity (Wildman–Crippen MR) is 232 cm³/mol. The summed E-state index contributed by atoms with van der Waals surface area (Å²) in [5.41, 5.74) is 10.0. The number of anilines is 1. The van der Waals surface area contributed by atoms with Gasteiger partial charge in [0.05, 0.1) is 23.7 Å². The zero-order valence-corrected chi connectivity index (χ0v) is 38.6. The summed E-state index contributed by atoms with van der Waals surface area (Å²) in [4.78, 5) is 9.53. The van der Waals surface area contributed by atoms with Gasteiger partial charge in [0.15, 0.2) is 12.2 Å². The van der Waals surface area contributed by atoms with E-state index in [1.165, 1.54) is 159 Å². The van der Waals surface area contributed by atoms with E-state index in [0.717, 1.165) is 36.9 Å². The molecule has 0 unspecified atom stereocenters. The third-order valence-corrected chi connectivity index (χ3v) is 12.4. The molecule has 56 heavy (non-hydrogen) atoms. The molecule has 0 bridgehead atoms. The van der Waals surface area contributed by atoms with Crippen LogP contribution in [0.3, 0.4) is 0 Å². The quantitative estimate of drug-likeness (QED) is 0.0515. The number of aryl methyl sites for hydroxylation is 1. The zero-order valence-electron chi connectivity index (χ0n) is 36.2. The molecule has 3 N–H and O–H groups in total. The van der Waals surface area contributed by atoms with Crippen LogP contribution in [-0.2, 0) is 31.7 Å². The number of aliphatic hydroxyl groups excluding tert-OH is 1. The van der Waals surface area contributed by atoms with Gasteiger partial charge in [-0.2, -0.15) is 13.0 Å². The highest BCUT2D eigenvalue weighted by atomic mass is 35.5. The Hall–Kier alpha value is -1.37. The van der Waals surface area contributed by atoms with Crippen LogP contribution >= 0.6 is 11.3 Å². The molecule has 2 heterocycles. The normalized spacial score (nSPS) is 11.4. The number of nitrogen functional groups attached to an aromatic ring is 1. The molecule has 2 rings (SSSR count). The summed E-state index contributed by atoms with van der Waals surface area (Å²) >= 11 is 1.65. The Morgan fingerprint density at radius 2 is 1.04 bits per heavy atom. The number of aliphatic hydroxyl groups is 1. The van der Waals surface area contributed by atoms with Crippen molar-refractivity contribution in [3.63, 3.8) is 0 Å². The molecule has 0 fully saturated rings. The smallest absolute Gasteiger partial charge is 0.399 e. The standard InChI is InChI=1S/C32H66O4S.C12H17N4OS.ClH/c1-3-5-7-9-11-13-15-17-19-21-23-25-27-29-31-35-37(33,34)36-32-30-28-26-24-22-20-18-16-14-12-10-8-6-4-2;1-8-11(3-4-17)18-7-16(8)6-10-5-14-9(2)15-12(10)13;/h3-32H2,1-2H3;5,7,17H,3-4,6H2,1-2H3,(H2,13,14,15);1H/q;+1;/p-1. The van der Waals surface area contributed by atoms with Gasteiger partial charge in [0.1, 0.15) is 11.6 Å². The van der Waals surface area contributed by atoms with Crippen molar-refractivity contribution >= 4 is 27.6 Å². The summed E-state index contributed by atoms with van der Waals surface area (Å²) in [6.45, 7) is 9.75. The Kier molecular flexibility index (Phi) is 36.9. The Balaban J connectivity index is 0.00000132. The van der Waals surface area contributed by atoms with E-state index in [1.54, 1.807) is 17.5 Å². The molecular weight excluding hydrogens is 764 g/mol. The fourth-order valence-electron chi connectivity index (χ4n) is 6.72. The third kappa shape index (κ3) is 30.7. The lowest BCUT2D eigenvalue weighted by Gasteiger charge is -2.07. The molecule has 0 saturated heterocycles. The number of nitrogens with zero attached hydrogens (tertiary/aromatic N) is 3. The van der Waals surface area contributed by atoms with E-state index >= 15 is 0 Å². The van der Waals surface area contributed by atoms with E-state index in [9.17, 15) is 8.42 Å². The van der Waals surface area contributed by atoms with Crippen LogP contribution in [0.4, 0.5) is 5.82 Å². The first kappa shape index (κ1) is 54.6. The largest absolute Gasteiger partial charge is 1.00 e. The van der Waals surface area contributed by atoms with Crippen molar-refractivity contribution in [1.29, 1.82) is 0 Å². The van der Waals surface area contributed by atoms with E-state index < -0.39 is 10.4 Å². The highest BCUT2D eigenvalue weighted by molar-refractivity contribution is 7.81. The van der Waals surface area contributed by atoms with E-state index in [4.69, 9.17) is 19.2 Å². The number of aromatic nitrogens is 3. The van der Waals surface area contributed by atoms with Crippen LogP contribution in [0, 0.1) is 13.8 Å². The molecule has 0 amide bonds. The molecule has 0 aliphatic heterocycles. The minimum absolute atomic E-state index is 0. The monoisotopic (exact) mass is 847 g/mol. The maximum Gasteiger partial charge on any atom is 0.399 e. The Morgan fingerprint density at radius 3 is 1.39 bits per heavy atom. The van der Waals surface area contributed by atoms with Gasteiger partial charge in [-0.3, -0.25) is 0 Å². The van der Waals surface area contributed by atoms with Gasteiger partial charge < -0.3 is 23.2 Å². The van der Waals surface area contributed by atoms with Crippen molar-refractivity contribution in [1.82, 2.24) is 9.97 Å². The van der Waals surface area contributed by atoms with E-state index in [1.807, 2.05) is 19.4 Å². The molecule has 0 spiro atoms. The van der Waals surface area contributed by atoms with Crippen molar-refractivity contribution in [2.75, 3.05) is 25.6 Å². The lowest BCUT2D eigenvalue weighted by molar-refractivity contribution is -0.689. The SMILES string of the molecule is CCCCCCCCCCCCCCCCOS(=O)(=O)OCCCCCCCCCCCCCCCC.Cc1ncc(C[n+]2csc(CCO)c2C)c(N)n1.[Cl-]. The summed E-state index contributed by atoms with van der Waals surface area (Å²) < 4.78 is 35.8. The Morgan fingerprint density at radius 1 is 0.661 bits per heavy atom. The fourth-order valence-corrected chi connectivity index (χ4v) is 8.41. The van der Waals surface area contributed by atoms with Gasteiger partial charge >= 0.3 is 10.4 Å². The molecule has 12 heteroatoms. The number of halogens is 1. The van der Waals surface area contributed by atoms with Gasteiger partial charge in [0.25, 0.3) is 0 Å². The lowest BCUT2D eigenvalue weighted by atomic mass is 10.0. The van der Waals surface area contributed by atoms with Crippen molar-refractivity contribution < 1.29 is 38.9 Å². The Labute approximate surface area is 354 Å². The molecule has 9 nitrogen and oxygen atoms in total. The first-order chi connectivity index (χ1) is 26.7. The van der Waals surface area contributed by atoms with Crippen molar-refractivity contribution in [3.05, 3.63) is 33.7 Å². The van der Waals surface area contributed by atoms with Crippen LogP contribution in [0.2, 0.25) is 0 Å². The van der Waals surface area contributed by atoms with Crippen LogP contribution in [0.5, 0.6) is 0 Å². The van der Waals surface area contributed by atoms with Crippen molar-refractivity contribution in [2.24, 2.45) is 0 Å². The number of unbranched alkanes of at least 4 members (excludes halogenated alkanes) is 26. The summed E-state index contributed by atoms with van der Waals surface area (Å²) in [7, 11) is -3.82. The van der Waals surface area contributed by atoms with Gasteiger partial charge in [0, 0.05) is 26.1 Å². The second kappa shape index (κ2) is 37.9. The fraction of sp³-hybridized carbons (Fsp3) is 0.841. The van der Waals surface area contributed by atoms with Crippen molar-refractivity contribution in [2.45, 2.75) is 220 Å². The molecule has 0 saturated carbocycles. The Bertz CT molecular complexity index is 1240. The topological polar surface area (TPSA) is 129 Å². The number of thiazole rings is 1. The summed E-state index contributed by atoms with van der Waals surface area (Å²) in [5.74, 6) is 1.22. The minimum atomic E-state index is -3.82. The van der Waals surface area contributed by atoms with Gasteiger partial charge in [0.2, 0.25) is 5.51 Å². The minimum Gasteiger partial charge on any atom is -1.00 e. The highest BCUT2D eigenvalue weighted by Gasteiger charge is 2.17. The van der Waals surface area contributed by atoms with Crippen LogP contribution in [0.25, 0.3) is 0 Å². The maximum atomic E-state index is 11.9. The van der Waals surface area contributed by atoms with E-state index in [0.29, 0.717) is 24.6 Å². The summed E-state index contributed by atoms with van der Waals surface area (Å²) in [6, 6.07) is 0. The number of hydrogen-bond acceptors (Lipinski definition) is 9. The summed E-state index contributed by atoms with van der Waals surface area (Å²) in [5, 5.41) is 8.98. The molecule has 2 aromatic heterocycles. The predicted octanol–water partition coefficient (Wildman–Crippen LogP) is 8.84. The van der Waals surface area contributed by atoms with Gasteiger partial charge in [-0.05, 0) is 19.8 Å². The molecule has 0 aliphatic carbocycles. The van der Waals surface area contributed by atoms with E-state index in [2.05, 4.69) is 28.4 Å². The molecular formula is C44H83ClN4O5S2.